The minimum Gasteiger partial charge on any atom is -0.489 e. The number of hydrogen-bond donors (Lipinski definition) is 1. The van der Waals surface area contributed by atoms with E-state index in [0.717, 1.165) is 22.0 Å². The first-order valence-electron chi connectivity index (χ1n) is 9.39. The van der Waals surface area contributed by atoms with Crippen molar-refractivity contribution in [3.8, 4) is 5.75 Å². The molecule has 0 bridgehead atoms. The fourth-order valence-electron chi connectivity index (χ4n) is 3.13. The average molecular weight is 383 g/mol. The van der Waals surface area contributed by atoms with E-state index < -0.39 is 0 Å². The molecule has 2 heterocycles. The number of carbonyl (C=O) groups is 1. The number of amides is 1. The largest absolute Gasteiger partial charge is 0.489 e. The van der Waals surface area contributed by atoms with Gasteiger partial charge in [0.1, 0.15) is 12.4 Å². The summed E-state index contributed by atoms with van der Waals surface area (Å²) in [5.41, 5.74) is 4.92. The summed E-state index contributed by atoms with van der Waals surface area (Å²) in [5.74, 6) is 0.485. The van der Waals surface area contributed by atoms with E-state index in [9.17, 15) is 4.79 Å². The van der Waals surface area contributed by atoms with Crippen LogP contribution < -0.4 is 10.1 Å². The van der Waals surface area contributed by atoms with Crippen LogP contribution in [-0.2, 0) is 6.61 Å². The highest BCUT2D eigenvalue weighted by Gasteiger charge is 2.12. The number of fused-ring (bicyclic) bond motifs is 1. The zero-order chi connectivity index (χ0) is 20.2. The van der Waals surface area contributed by atoms with E-state index in [2.05, 4.69) is 15.3 Å². The van der Waals surface area contributed by atoms with E-state index in [-0.39, 0.29) is 5.91 Å². The number of carbonyl (C=O) groups excluding carboxylic acids is 1. The van der Waals surface area contributed by atoms with Crippen LogP contribution in [0.1, 0.15) is 27.2 Å². The lowest BCUT2D eigenvalue weighted by Gasteiger charge is -2.11. The van der Waals surface area contributed by atoms with Gasteiger partial charge in [-0.3, -0.25) is 14.8 Å². The van der Waals surface area contributed by atoms with Crippen LogP contribution in [0, 0.1) is 13.8 Å². The van der Waals surface area contributed by atoms with Crippen LogP contribution in [0.4, 0.5) is 5.69 Å². The van der Waals surface area contributed by atoms with Crippen molar-refractivity contribution in [2.45, 2.75) is 20.5 Å². The molecular weight excluding hydrogens is 362 g/mol. The maximum atomic E-state index is 12.9. The van der Waals surface area contributed by atoms with E-state index >= 15 is 0 Å². The molecule has 0 saturated heterocycles. The topological polar surface area (TPSA) is 64.1 Å². The number of nitrogens with zero attached hydrogens (tertiary/aromatic N) is 2. The predicted octanol–water partition coefficient (Wildman–Crippen LogP) is 5.08. The lowest BCUT2D eigenvalue weighted by atomic mass is 10.1. The van der Waals surface area contributed by atoms with Crippen molar-refractivity contribution in [3.63, 3.8) is 0 Å². The Morgan fingerprint density at radius 1 is 1.03 bits per heavy atom. The summed E-state index contributed by atoms with van der Waals surface area (Å²) < 4.78 is 5.81. The monoisotopic (exact) mass is 383 g/mol. The molecule has 144 valence electrons. The van der Waals surface area contributed by atoms with Crippen LogP contribution in [-0.4, -0.2) is 15.9 Å². The molecule has 0 atom stereocenters. The van der Waals surface area contributed by atoms with Gasteiger partial charge in [0.2, 0.25) is 0 Å². The maximum absolute atomic E-state index is 12.9. The highest BCUT2D eigenvalue weighted by Crippen LogP contribution is 2.22. The van der Waals surface area contributed by atoms with Crippen LogP contribution in [0.15, 0.2) is 73.1 Å². The van der Waals surface area contributed by atoms with Gasteiger partial charge in [0, 0.05) is 35.1 Å². The Morgan fingerprint density at radius 3 is 2.76 bits per heavy atom. The molecule has 0 saturated carbocycles. The Balaban J connectivity index is 1.51. The number of nitrogens with one attached hydrogen (secondary N) is 1. The van der Waals surface area contributed by atoms with Gasteiger partial charge in [-0.2, -0.15) is 0 Å². The van der Waals surface area contributed by atoms with E-state index in [1.54, 1.807) is 12.4 Å². The molecule has 0 aliphatic heterocycles. The molecule has 1 amide bonds. The second-order valence-electron chi connectivity index (χ2n) is 6.95. The number of rotatable bonds is 5. The Hall–Kier alpha value is -3.73. The molecule has 0 aliphatic rings. The Bertz CT molecular complexity index is 1170. The lowest BCUT2D eigenvalue weighted by molar-refractivity contribution is 0.102. The summed E-state index contributed by atoms with van der Waals surface area (Å²) in [4.78, 5) is 21.5. The first-order chi connectivity index (χ1) is 14.1. The third-order valence-corrected chi connectivity index (χ3v) is 4.63. The fourth-order valence-corrected chi connectivity index (χ4v) is 3.13. The molecule has 0 aliphatic carbocycles. The third-order valence-electron chi connectivity index (χ3n) is 4.63. The van der Waals surface area contributed by atoms with Gasteiger partial charge in [-0.25, -0.2) is 0 Å². The number of aromatic nitrogens is 2. The Kier molecular flexibility index (Phi) is 5.20. The molecule has 2 aromatic heterocycles. The predicted molar refractivity (Wildman–Crippen MR) is 114 cm³/mol. The minimum atomic E-state index is -0.192. The van der Waals surface area contributed by atoms with E-state index in [4.69, 9.17) is 4.74 Å². The molecular formula is C24H21N3O2. The van der Waals surface area contributed by atoms with Crippen LogP contribution in [0.25, 0.3) is 10.9 Å². The number of aryl methyl sites for hydroxylation is 2. The molecule has 0 spiro atoms. The molecule has 5 heteroatoms. The second kappa shape index (κ2) is 8.10. The number of hydrogen-bond acceptors (Lipinski definition) is 4. The quantitative estimate of drug-likeness (QED) is 0.522. The van der Waals surface area contributed by atoms with E-state index in [0.29, 0.717) is 29.3 Å². The van der Waals surface area contributed by atoms with Crippen molar-refractivity contribution in [1.29, 1.82) is 0 Å². The van der Waals surface area contributed by atoms with Gasteiger partial charge in [-0.05, 0) is 50.2 Å². The summed E-state index contributed by atoms with van der Waals surface area (Å²) in [6.45, 7) is 4.29. The van der Waals surface area contributed by atoms with Gasteiger partial charge in [0.15, 0.2) is 0 Å². The van der Waals surface area contributed by atoms with Crippen molar-refractivity contribution in [2.24, 2.45) is 0 Å². The molecule has 4 aromatic rings. The van der Waals surface area contributed by atoms with Gasteiger partial charge in [0.25, 0.3) is 5.91 Å². The van der Waals surface area contributed by atoms with Crippen LogP contribution >= 0.6 is 0 Å². The van der Waals surface area contributed by atoms with Gasteiger partial charge in [-0.1, -0.05) is 23.8 Å². The molecule has 29 heavy (non-hydrogen) atoms. The van der Waals surface area contributed by atoms with Gasteiger partial charge >= 0.3 is 0 Å². The highest BCUT2D eigenvalue weighted by atomic mass is 16.5. The molecule has 0 radical (unpaired) electrons. The fraction of sp³-hybridized carbons (Fsp3) is 0.125. The highest BCUT2D eigenvalue weighted by molar-refractivity contribution is 6.06. The molecule has 2 aromatic carbocycles. The standard InChI is InChI=1S/C24H21N3O2/c1-16-8-9-23-19(11-16)12-22(17(2)26-23)24(28)27-20-6-3-7-21(13-20)29-15-18-5-4-10-25-14-18/h3-14H,15H2,1-2H3,(H,27,28). The van der Waals surface area contributed by atoms with E-state index in [1.807, 2.05) is 74.5 Å². The Labute approximate surface area is 169 Å². The zero-order valence-electron chi connectivity index (χ0n) is 16.3. The van der Waals surface area contributed by atoms with E-state index in [1.165, 1.54) is 0 Å². The second-order valence-corrected chi connectivity index (χ2v) is 6.95. The SMILES string of the molecule is Cc1ccc2nc(C)c(C(=O)Nc3cccc(OCc4cccnc4)c3)cc2c1. The van der Waals surface area contributed by atoms with Crippen molar-refractivity contribution in [1.82, 2.24) is 9.97 Å². The summed E-state index contributed by atoms with van der Waals surface area (Å²) in [6, 6.07) is 19.1. The number of pyridine rings is 2. The smallest absolute Gasteiger partial charge is 0.257 e. The van der Waals surface area contributed by atoms with Gasteiger partial charge in [-0.15, -0.1) is 0 Å². The zero-order valence-corrected chi connectivity index (χ0v) is 16.3. The lowest BCUT2D eigenvalue weighted by Crippen LogP contribution is -2.14. The summed E-state index contributed by atoms with van der Waals surface area (Å²) in [6.07, 6.45) is 3.49. The van der Waals surface area contributed by atoms with Crippen molar-refractivity contribution < 1.29 is 9.53 Å². The van der Waals surface area contributed by atoms with Crippen molar-refractivity contribution >= 4 is 22.5 Å². The summed E-state index contributed by atoms with van der Waals surface area (Å²) >= 11 is 0. The number of anilines is 1. The van der Waals surface area contributed by atoms with Crippen molar-refractivity contribution in [3.05, 3.63) is 95.4 Å². The molecule has 0 unspecified atom stereocenters. The molecule has 5 nitrogen and oxygen atoms in total. The van der Waals surface area contributed by atoms with Crippen LogP contribution in [0.2, 0.25) is 0 Å². The average Bonchev–Trinajstić information content (AvgIpc) is 2.73. The molecule has 4 rings (SSSR count). The molecule has 1 N–H and O–H groups in total. The summed E-state index contributed by atoms with van der Waals surface area (Å²) in [5, 5.41) is 3.90. The maximum Gasteiger partial charge on any atom is 0.257 e. The number of benzene rings is 2. The van der Waals surface area contributed by atoms with Crippen molar-refractivity contribution in [2.75, 3.05) is 5.32 Å². The first-order valence-corrected chi connectivity index (χ1v) is 9.39. The van der Waals surface area contributed by atoms with Crippen LogP contribution in [0.5, 0.6) is 5.75 Å². The Morgan fingerprint density at radius 2 is 1.93 bits per heavy atom. The van der Waals surface area contributed by atoms with Gasteiger partial charge in [0.05, 0.1) is 16.8 Å². The minimum absolute atomic E-state index is 0.192. The third kappa shape index (κ3) is 4.41. The molecule has 0 fully saturated rings. The normalized spacial score (nSPS) is 10.7. The summed E-state index contributed by atoms with van der Waals surface area (Å²) in [7, 11) is 0. The van der Waals surface area contributed by atoms with Gasteiger partial charge < -0.3 is 10.1 Å². The first kappa shape index (κ1) is 18.6. The number of ether oxygens (including phenoxy) is 1. The van der Waals surface area contributed by atoms with Crippen LogP contribution in [0.3, 0.4) is 0 Å².